The van der Waals surface area contributed by atoms with Crippen LogP contribution in [0.2, 0.25) is 0 Å². The molecule has 5 aliphatic carbocycles. The van der Waals surface area contributed by atoms with E-state index < -0.39 is 0 Å². The van der Waals surface area contributed by atoms with Crippen molar-refractivity contribution in [3.8, 4) is 0 Å². The molecule has 116 valence electrons. The van der Waals surface area contributed by atoms with Crippen molar-refractivity contribution in [3.05, 3.63) is 34.3 Å². The molecular weight excluding hydrogens is 334 g/mol. The van der Waals surface area contributed by atoms with Crippen LogP contribution in [-0.2, 0) is 0 Å². The van der Waals surface area contributed by atoms with Gasteiger partial charge in [0.25, 0.3) is 0 Å². The molecule has 0 saturated heterocycles. The van der Waals surface area contributed by atoms with Crippen LogP contribution in [0.4, 0.5) is 0 Å². The maximum atomic E-state index is 4.80. The van der Waals surface area contributed by atoms with Gasteiger partial charge in [-0.25, -0.2) is 0 Å². The zero-order chi connectivity index (χ0) is 14.7. The van der Waals surface area contributed by atoms with Crippen molar-refractivity contribution in [3.63, 3.8) is 0 Å². The van der Waals surface area contributed by atoms with E-state index in [1.807, 2.05) is 0 Å². The molecule has 1 spiro atoms. The molecule has 0 radical (unpaired) electrons. The number of hydrogen-bond acceptors (Lipinski definition) is 1. The summed E-state index contributed by atoms with van der Waals surface area (Å²) < 4.78 is 1.14. The number of hydrogen-bond donors (Lipinski definition) is 0. The molecule has 6 rings (SSSR count). The van der Waals surface area contributed by atoms with Crippen molar-refractivity contribution in [2.75, 3.05) is 6.54 Å². The lowest BCUT2D eigenvalue weighted by Gasteiger charge is -2.56. The molecule has 0 N–H and O–H groups in total. The Hall–Kier alpha value is -0.630. The lowest BCUT2D eigenvalue weighted by Crippen LogP contribution is -2.47. The van der Waals surface area contributed by atoms with Crippen molar-refractivity contribution in [1.29, 1.82) is 0 Å². The molecule has 22 heavy (non-hydrogen) atoms. The van der Waals surface area contributed by atoms with Crippen LogP contribution >= 0.6 is 15.9 Å². The van der Waals surface area contributed by atoms with Crippen molar-refractivity contribution < 1.29 is 0 Å². The van der Waals surface area contributed by atoms with E-state index in [-0.39, 0.29) is 0 Å². The second-order valence-corrected chi connectivity index (χ2v) is 9.28. The van der Waals surface area contributed by atoms with Gasteiger partial charge in [-0.2, -0.15) is 0 Å². The number of rotatable bonds is 3. The van der Waals surface area contributed by atoms with Crippen LogP contribution in [0.1, 0.15) is 44.1 Å². The molecule has 1 atom stereocenters. The van der Waals surface area contributed by atoms with Gasteiger partial charge in [0, 0.05) is 17.2 Å². The van der Waals surface area contributed by atoms with Gasteiger partial charge in [-0.3, -0.25) is 4.99 Å². The Morgan fingerprint density at radius 3 is 2.27 bits per heavy atom. The fourth-order valence-corrected chi connectivity index (χ4v) is 6.76. The van der Waals surface area contributed by atoms with Gasteiger partial charge in [0.05, 0.1) is 0 Å². The molecule has 1 nitrogen and oxygen atoms in total. The van der Waals surface area contributed by atoms with Crippen molar-refractivity contribution in [2.24, 2.45) is 40.0 Å². The van der Waals surface area contributed by atoms with E-state index in [4.69, 9.17) is 4.99 Å². The summed E-state index contributed by atoms with van der Waals surface area (Å²) >= 11 is 3.49. The standard InChI is InChI=1S/C20H24BrN/c21-19-3-1-13(2-4-19)11-22-12-18-10-20(18)16-6-14-5-15(8-16)9-17(20)7-14/h1-4,11,14-18H,5-10,12H2/t14?,15?,16?,17?,18-,20?/m0/s1. The number of halogens is 1. The zero-order valence-corrected chi connectivity index (χ0v) is 14.6. The first-order valence-electron chi connectivity index (χ1n) is 8.99. The van der Waals surface area contributed by atoms with E-state index in [2.05, 4.69) is 46.4 Å². The summed E-state index contributed by atoms with van der Waals surface area (Å²) in [5.41, 5.74) is 1.97. The zero-order valence-electron chi connectivity index (χ0n) is 13.0. The summed E-state index contributed by atoms with van der Waals surface area (Å²) in [5.74, 6) is 5.23. The molecule has 5 fully saturated rings. The van der Waals surface area contributed by atoms with Crippen LogP contribution < -0.4 is 0 Å². The molecule has 0 aliphatic heterocycles. The van der Waals surface area contributed by atoms with Gasteiger partial charge in [0.1, 0.15) is 0 Å². The molecule has 0 unspecified atom stereocenters. The van der Waals surface area contributed by atoms with E-state index in [1.54, 1.807) is 32.1 Å². The molecule has 0 amide bonds. The summed E-state index contributed by atoms with van der Waals surface area (Å²) in [6, 6.07) is 8.47. The third-order valence-electron chi connectivity index (χ3n) is 7.29. The first-order chi connectivity index (χ1) is 10.7. The summed E-state index contributed by atoms with van der Waals surface area (Å²) in [4.78, 5) is 4.80. The van der Waals surface area contributed by atoms with E-state index in [0.29, 0.717) is 0 Å². The van der Waals surface area contributed by atoms with E-state index in [9.17, 15) is 0 Å². The first kappa shape index (κ1) is 13.8. The van der Waals surface area contributed by atoms with Crippen LogP contribution in [0, 0.1) is 35.0 Å². The Labute approximate surface area is 141 Å². The molecule has 5 saturated carbocycles. The summed E-state index contributed by atoms with van der Waals surface area (Å²) in [6.07, 6.45) is 11.4. The predicted octanol–water partition coefficient (Wildman–Crippen LogP) is 5.33. The molecule has 0 heterocycles. The van der Waals surface area contributed by atoms with Crippen LogP contribution in [0.15, 0.2) is 33.7 Å². The monoisotopic (exact) mass is 357 g/mol. The van der Waals surface area contributed by atoms with Crippen molar-refractivity contribution in [2.45, 2.75) is 38.5 Å². The Bertz CT molecular complexity index is 575. The SMILES string of the molecule is Brc1ccc(C=NC[C@@H]2CC23C2CC4CC(C2)CC3C4)cc1. The van der Waals surface area contributed by atoms with Gasteiger partial charge in [-0.15, -0.1) is 0 Å². The quantitative estimate of drug-likeness (QED) is 0.648. The average molecular weight is 358 g/mol. The van der Waals surface area contributed by atoms with Crippen LogP contribution in [-0.4, -0.2) is 12.8 Å². The molecule has 4 bridgehead atoms. The second-order valence-electron chi connectivity index (χ2n) is 8.36. The van der Waals surface area contributed by atoms with E-state index >= 15 is 0 Å². The second kappa shape index (κ2) is 4.93. The molecule has 0 aromatic heterocycles. The fourth-order valence-electron chi connectivity index (χ4n) is 6.50. The van der Waals surface area contributed by atoms with Gasteiger partial charge in [-0.05, 0) is 91.2 Å². The fraction of sp³-hybridized carbons (Fsp3) is 0.650. The first-order valence-corrected chi connectivity index (χ1v) is 9.79. The summed E-state index contributed by atoms with van der Waals surface area (Å²) in [5, 5.41) is 0. The number of nitrogens with zero attached hydrogens (tertiary/aromatic N) is 1. The Morgan fingerprint density at radius 1 is 1.00 bits per heavy atom. The maximum absolute atomic E-state index is 4.80. The van der Waals surface area contributed by atoms with Gasteiger partial charge in [-0.1, -0.05) is 28.1 Å². The Balaban J connectivity index is 1.26. The van der Waals surface area contributed by atoms with Crippen LogP contribution in [0.3, 0.4) is 0 Å². The molecule has 5 aliphatic rings. The Morgan fingerprint density at radius 2 is 1.64 bits per heavy atom. The lowest BCUT2D eigenvalue weighted by molar-refractivity contribution is -0.0593. The number of benzene rings is 1. The molecule has 1 aromatic carbocycles. The highest BCUT2D eigenvalue weighted by Gasteiger charge is 2.67. The molecular formula is C20H24BrN. The van der Waals surface area contributed by atoms with Gasteiger partial charge < -0.3 is 0 Å². The highest BCUT2D eigenvalue weighted by Crippen LogP contribution is 2.74. The maximum Gasteiger partial charge on any atom is 0.0423 e. The van der Waals surface area contributed by atoms with Gasteiger partial charge >= 0.3 is 0 Å². The third kappa shape index (κ3) is 2.06. The molecule has 2 heteroatoms. The predicted molar refractivity (Wildman–Crippen MR) is 94.2 cm³/mol. The van der Waals surface area contributed by atoms with Gasteiger partial charge in [0.2, 0.25) is 0 Å². The number of aliphatic imine (C=N–C) groups is 1. The van der Waals surface area contributed by atoms with Gasteiger partial charge in [0.15, 0.2) is 0 Å². The largest absolute Gasteiger partial charge is 0.292 e. The van der Waals surface area contributed by atoms with Crippen molar-refractivity contribution in [1.82, 2.24) is 0 Å². The Kier molecular flexibility index (Phi) is 3.09. The highest BCUT2D eigenvalue weighted by molar-refractivity contribution is 9.10. The van der Waals surface area contributed by atoms with Crippen LogP contribution in [0.5, 0.6) is 0 Å². The van der Waals surface area contributed by atoms with E-state index in [0.717, 1.165) is 46.0 Å². The minimum absolute atomic E-state index is 0.741. The highest BCUT2D eigenvalue weighted by atomic mass is 79.9. The molecule has 1 aromatic rings. The summed E-state index contributed by atoms with van der Waals surface area (Å²) in [7, 11) is 0. The minimum Gasteiger partial charge on any atom is -0.292 e. The van der Waals surface area contributed by atoms with Crippen LogP contribution in [0.25, 0.3) is 0 Å². The van der Waals surface area contributed by atoms with Crippen molar-refractivity contribution >= 4 is 22.1 Å². The van der Waals surface area contributed by atoms with E-state index in [1.165, 1.54) is 12.0 Å². The minimum atomic E-state index is 0.741. The third-order valence-corrected chi connectivity index (χ3v) is 7.82. The topological polar surface area (TPSA) is 12.4 Å². The summed E-state index contributed by atoms with van der Waals surface area (Å²) in [6.45, 7) is 1.07. The smallest absolute Gasteiger partial charge is 0.0423 e. The normalized spacial score (nSPS) is 45.0. The average Bonchev–Trinajstić information content (AvgIpc) is 3.22. The lowest BCUT2D eigenvalue weighted by atomic mass is 9.49.